The van der Waals surface area contributed by atoms with Crippen LogP contribution in [0.25, 0.3) is 0 Å². The summed E-state index contributed by atoms with van der Waals surface area (Å²) < 4.78 is 0. The summed E-state index contributed by atoms with van der Waals surface area (Å²) in [4.78, 5) is 0. The van der Waals surface area contributed by atoms with Gasteiger partial charge in [-0.25, -0.2) is 0 Å². The predicted molar refractivity (Wildman–Crippen MR) is 37.2 cm³/mol. The van der Waals surface area contributed by atoms with Gasteiger partial charge in [0.05, 0.1) is 0 Å². The fourth-order valence-corrected chi connectivity index (χ4v) is 7.02. The van der Waals surface area contributed by atoms with E-state index in [-0.39, 0.29) is 0 Å². The number of rotatable bonds is 3. The molecule has 0 saturated carbocycles. The first-order valence-electron chi connectivity index (χ1n) is 1.50. The summed E-state index contributed by atoms with van der Waals surface area (Å²) in [7, 11) is 3.68. The Morgan fingerprint density at radius 2 is 2.50 bits per heavy atom. The van der Waals surface area contributed by atoms with Gasteiger partial charge in [0.15, 0.2) is 0 Å². The van der Waals surface area contributed by atoms with Gasteiger partial charge in [-0.1, -0.05) is 0 Å². The molecule has 0 atom stereocenters. The van der Waals surface area contributed by atoms with Gasteiger partial charge in [0.2, 0.25) is 0 Å². The summed E-state index contributed by atoms with van der Waals surface area (Å²) in [5, 5.41) is 1.34. The van der Waals surface area contributed by atoms with Crippen LogP contribution in [0.15, 0.2) is 0 Å². The van der Waals surface area contributed by atoms with Crippen molar-refractivity contribution in [2.45, 2.75) is 12.2 Å². The molecule has 0 aliphatic heterocycles. The van der Waals surface area contributed by atoms with E-state index in [9.17, 15) is 0 Å². The molecule has 0 spiro atoms. The van der Waals surface area contributed by atoms with Crippen molar-refractivity contribution in [1.82, 2.24) is 0 Å². The summed E-state index contributed by atoms with van der Waals surface area (Å²) in [6, 6.07) is 0. The van der Waals surface area contributed by atoms with Gasteiger partial charge in [0.25, 0.3) is 0 Å². The van der Waals surface area contributed by atoms with Gasteiger partial charge in [-0.15, -0.1) is 0 Å². The van der Waals surface area contributed by atoms with Crippen LogP contribution in [-0.2, 0) is 0 Å². The minimum atomic E-state index is 0.815. The Kier molecular flexibility index (Phi) is 8.69. The zero-order valence-electron chi connectivity index (χ0n) is 3.34. The Morgan fingerprint density at radius 3 is 2.67 bits per heavy atom. The van der Waals surface area contributed by atoms with Crippen molar-refractivity contribution >= 4 is 47.2 Å². The average molecular weight is 251 g/mol. The van der Waals surface area contributed by atoms with Crippen LogP contribution in [-0.4, -0.2) is 28.7 Å². The monoisotopic (exact) mass is 253 g/mol. The summed E-state index contributed by atoms with van der Waals surface area (Å²) >= 11 is 3.69. The Bertz CT molecular complexity index is 21.5. The van der Waals surface area contributed by atoms with Crippen molar-refractivity contribution < 1.29 is 0 Å². The summed E-state index contributed by atoms with van der Waals surface area (Å²) in [6.45, 7) is 2.21. The third-order valence-electron chi connectivity index (χ3n) is 0.194. The van der Waals surface area contributed by atoms with E-state index in [2.05, 4.69) is 21.8 Å². The quantitative estimate of drug-likeness (QED) is 0.423. The van der Waals surface area contributed by atoms with Crippen LogP contribution in [0.1, 0.15) is 6.92 Å². The molecule has 0 unspecified atom stereocenters. The van der Waals surface area contributed by atoms with Crippen LogP contribution in [0, 0.1) is 0 Å². The van der Waals surface area contributed by atoms with E-state index in [0.717, 1.165) is 13.8 Å². The molecule has 0 rings (SSSR count). The zero-order chi connectivity index (χ0) is 4.83. The summed E-state index contributed by atoms with van der Waals surface area (Å²) in [5.41, 5.74) is 0. The Labute approximate surface area is 59.1 Å². The second-order valence-electron chi connectivity index (χ2n) is 0.543. The normalized spacial score (nSPS) is 9.00. The van der Waals surface area contributed by atoms with Gasteiger partial charge in [-0.2, -0.15) is 0 Å². The van der Waals surface area contributed by atoms with Crippen molar-refractivity contribution in [2.75, 3.05) is 0 Å². The van der Waals surface area contributed by atoms with Crippen LogP contribution in [0.2, 0.25) is 5.32 Å². The molecule has 0 amide bonds. The predicted octanol–water partition coefficient (Wildman–Crippen LogP) is 1.51. The van der Waals surface area contributed by atoms with Crippen molar-refractivity contribution in [1.29, 1.82) is 0 Å². The molecular weight excluding hydrogens is 246 g/mol. The molecule has 0 aliphatic carbocycles. The topological polar surface area (TPSA) is 0 Å². The Hall–Kier alpha value is 1.74. The van der Waals surface area contributed by atoms with Gasteiger partial charge >= 0.3 is 59.4 Å². The van der Waals surface area contributed by atoms with E-state index in [1.54, 1.807) is 9.21 Å². The van der Waals surface area contributed by atoms with Crippen molar-refractivity contribution in [3.63, 3.8) is 0 Å². The van der Waals surface area contributed by atoms with Gasteiger partial charge in [-0.05, 0) is 0 Å². The molecular formula is C2H5S2Se2. The molecule has 0 aliphatic rings. The Morgan fingerprint density at radius 1 is 1.83 bits per heavy atom. The summed E-state index contributed by atoms with van der Waals surface area (Å²) in [5.74, 6) is 0. The van der Waals surface area contributed by atoms with Crippen LogP contribution in [0.4, 0.5) is 0 Å². The van der Waals surface area contributed by atoms with Crippen molar-refractivity contribution in [3.8, 4) is 0 Å². The fraction of sp³-hybridized carbons (Fsp3) is 1.00. The SMILES string of the molecule is CC[Se]SS[Se]. The molecule has 4 heteroatoms. The Balaban J connectivity index is 2.34. The maximum absolute atomic E-state index is 2.87. The van der Waals surface area contributed by atoms with E-state index >= 15 is 0 Å². The second kappa shape index (κ2) is 6.74. The van der Waals surface area contributed by atoms with E-state index in [0.29, 0.717) is 0 Å². The van der Waals surface area contributed by atoms with E-state index < -0.39 is 0 Å². The molecule has 37 valence electrons. The van der Waals surface area contributed by atoms with Crippen molar-refractivity contribution in [3.05, 3.63) is 0 Å². The first-order valence-corrected chi connectivity index (χ1v) is 8.90. The van der Waals surface area contributed by atoms with E-state index in [1.807, 2.05) is 9.21 Å². The molecule has 6 heavy (non-hydrogen) atoms. The minimum absolute atomic E-state index is 0.815. The van der Waals surface area contributed by atoms with Gasteiger partial charge in [0.1, 0.15) is 0 Å². The second-order valence-corrected chi connectivity index (χ2v) is 9.70. The molecule has 0 aromatic heterocycles. The van der Waals surface area contributed by atoms with E-state index in [4.69, 9.17) is 0 Å². The standard InChI is InChI=1S/C2H5S2Se2/c1-2-6-4-3-5/h2H2,1H3. The first kappa shape index (κ1) is 7.74. The molecule has 0 saturated heterocycles. The first-order chi connectivity index (χ1) is 2.91. The molecule has 0 aromatic rings. The van der Waals surface area contributed by atoms with Gasteiger partial charge < -0.3 is 0 Å². The van der Waals surface area contributed by atoms with Crippen LogP contribution in [0.3, 0.4) is 0 Å². The molecule has 1 radical (unpaired) electrons. The summed E-state index contributed by atoms with van der Waals surface area (Å²) in [6.07, 6.45) is 0. The molecule has 0 fully saturated rings. The van der Waals surface area contributed by atoms with Crippen molar-refractivity contribution in [2.24, 2.45) is 0 Å². The van der Waals surface area contributed by atoms with E-state index in [1.165, 1.54) is 5.32 Å². The molecule has 0 N–H and O–H groups in total. The fourth-order valence-electron chi connectivity index (χ4n) is 0.0678. The molecule has 0 heterocycles. The van der Waals surface area contributed by atoms with Gasteiger partial charge in [0, 0.05) is 0 Å². The average Bonchev–Trinajstić information content (AvgIpc) is 1.61. The third kappa shape index (κ3) is 5.74. The van der Waals surface area contributed by atoms with Crippen LogP contribution >= 0.6 is 18.4 Å². The molecule has 0 nitrogen and oxygen atoms in total. The molecule has 0 bridgehead atoms. The van der Waals surface area contributed by atoms with Crippen LogP contribution < -0.4 is 0 Å². The van der Waals surface area contributed by atoms with Crippen LogP contribution in [0.5, 0.6) is 0 Å². The zero-order valence-corrected chi connectivity index (χ0v) is 8.40. The third-order valence-corrected chi connectivity index (χ3v) is 10.8. The number of hydrogen-bond donors (Lipinski definition) is 0. The van der Waals surface area contributed by atoms with Gasteiger partial charge in [-0.3, -0.25) is 0 Å². The number of hydrogen-bond acceptors (Lipinski definition) is 2. The molecule has 0 aromatic carbocycles. The maximum atomic E-state index is 2.87.